The summed E-state index contributed by atoms with van der Waals surface area (Å²) in [5.41, 5.74) is 10.0. The molecule has 0 saturated heterocycles. The Morgan fingerprint density at radius 1 is 1.35 bits per heavy atom. The van der Waals surface area contributed by atoms with Crippen LogP contribution in [-0.2, 0) is 6.54 Å². The molecule has 0 amide bonds. The lowest BCUT2D eigenvalue weighted by molar-refractivity contribution is -0.0506. The number of hydrogen-bond donors (Lipinski definition) is 2. The molecule has 0 aliphatic rings. The van der Waals surface area contributed by atoms with E-state index in [1.165, 1.54) is 12.1 Å². The fourth-order valence-electron chi connectivity index (χ4n) is 1.07. The van der Waals surface area contributed by atoms with Gasteiger partial charge < -0.3 is 16.2 Å². The van der Waals surface area contributed by atoms with Gasteiger partial charge in [0.05, 0.1) is 12.1 Å². The first kappa shape index (κ1) is 15.8. The van der Waals surface area contributed by atoms with Crippen LogP contribution in [0.25, 0.3) is 0 Å². The van der Waals surface area contributed by atoms with Crippen LogP contribution in [0.3, 0.4) is 0 Å². The van der Waals surface area contributed by atoms with Gasteiger partial charge in [0.1, 0.15) is 11.6 Å². The topological polar surface area (TPSA) is 73.6 Å². The second kappa shape index (κ2) is 7.20. The van der Waals surface area contributed by atoms with Crippen molar-refractivity contribution in [2.75, 3.05) is 0 Å². The van der Waals surface area contributed by atoms with E-state index in [0.29, 0.717) is 0 Å². The maximum atomic E-state index is 13.3. The van der Waals surface area contributed by atoms with Crippen LogP contribution in [0.15, 0.2) is 23.2 Å². The number of alkyl halides is 2. The van der Waals surface area contributed by atoms with Gasteiger partial charge in [-0.2, -0.15) is 8.78 Å². The molecular weight excluding hydrogens is 350 g/mol. The van der Waals surface area contributed by atoms with Crippen LogP contribution in [-0.4, -0.2) is 12.6 Å². The van der Waals surface area contributed by atoms with Crippen molar-refractivity contribution in [3.05, 3.63) is 29.6 Å². The van der Waals surface area contributed by atoms with Crippen LogP contribution >= 0.6 is 24.0 Å². The van der Waals surface area contributed by atoms with E-state index in [0.717, 1.165) is 6.07 Å². The smallest absolute Gasteiger partial charge is 0.387 e. The maximum absolute atomic E-state index is 13.3. The van der Waals surface area contributed by atoms with Gasteiger partial charge >= 0.3 is 6.61 Å². The summed E-state index contributed by atoms with van der Waals surface area (Å²) in [4.78, 5) is 3.53. The highest BCUT2D eigenvalue weighted by molar-refractivity contribution is 14.0. The molecule has 0 aliphatic heterocycles. The van der Waals surface area contributed by atoms with Gasteiger partial charge in [-0.3, -0.25) is 0 Å². The minimum absolute atomic E-state index is 0. The first-order chi connectivity index (χ1) is 7.50. The number of benzene rings is 1. The monoisotopic (exact) mass is 361 g/mol. The normalized spacial score (nSPS) is 9.65. The molecule has 0 unspecified atom stereocenters. The van der Waals surface area contributed by atoms with Crippen LogP contribution in [0, 0.1) is 5.82 Å². The quantitative estimate of drug-likeness (QED) is 0.488. The van der Waals surface area contributed by atoms with Crippen LogP contribution in [0.1, 0.15) is 5.56 Å². The van der Waals surface area contributed by atoms with Gasteiger partial charge in [0.2, 0.25) is 0 Å². The number of rotatable bonds is 4. The van der Waals surface area contributed by atoms with E-state index < -0.39 is 12.4 Å². The molecule has 96 valence electrons. The molecule has 17 heavy (non-hydrogen) atoms. The molecule has 0 radical (unpaired) electrons. The summed E-state index contributed by atoms with van der Waals surface area (Å²) < 4.78 is 41.4. The highest BCUT2D eigenvalue weighted by Gasteiger charge is 2.12. The molecule has 1 aromatic rings. The van der Waals surface area contributed by atoms with Gasteiger partial charge in [0, 0.05) is 0 Å². The molecule has 0 fully saturated rings. The Bertz CT molecular complexity index is 397. The van der Waals surface area contributed by atoms with Gasteiger partial charge in [-0.1, -0.05) is 6.07 Å². The molecule has 1 aromatic carbocycles. The summed E-state index contributed by atoms with van der Waals surface area (Å²) in [5, 5.41) is 0. The first-order valence-electron chi connectivity index (χ1n) is 4.28. The van der Waals surface area contributed by atoms with Crippen molar-refractivity contribution in [3.8, 4) is 5.75 Å². The molecule has 4 nitrogen and oxygen atoms in total. The minimum atomic E-state index is -3.03. The number of guanidine groups is 1. The van der Waals surface area contributed by atoms with Gasteiger partial charge in [-0.25, -0.2) is 9.38 Å². The molecule has 0 bridgehead atoms. The number of hydrogen-bond acceptors (Lipinski definition) is 2. The van der Waals surface area contributed by atoms with E-state index in [4.69, 9.17) is 11.5 Å². The predicted molar refractivity (Wildman–Crippen MR) is 68.0 cm³/mol. The third kappa shape index (κ3) is 5.11. The first-order valence-corrected chi connectivity index (χ1v) is 4.28. The summed E-state index contributed by atoms with van der Waals surface area (Å²) >= 11 is 0. The lowest BCUT2D eigenvalue weighted by Crippen LogP contribution is -2.22. The Labute approximate surface area is 113 Å². The maximum Gasteiger partial charge on any atom is 0.387 e. The Hall–Kier alpha value is -1.19. The largest absolute Gasteiger partial charge is 0.434 e. The average molecular weight is 361 g/mol. The number of aliphatic imine (C=N–C) groups is 1. The predicted octanol–water partition coefficient (Wildman–Crippen LogP) is 1.82. The van der Waals surface area contributed by atoms with Crippen molar-refractivity contribution in [2.24, 2.45) is 16.5 Å². The summed E-state index contributed by atoms with van der Waals surface area (Å²) in [5.74, 6) is -1.24. The van der Waals surface area contributed by atoms with Gasteiger partial charge in [-0.15, -0.1) is 24.0 Å². The molecular formula is C9H11F3IN3O. The zero-order valence-corrected chi connectivity index (χ0v) is 10.9. The lowest BCUT2D eigenvalue weighted by atomic mass is 10.2. The summed E-state index contributed by atoms with van der Waals surface area (Å²) in [7, 11) is 0. The Balaban J connectivity index is 0.00000256. The lowest BCUT2D eigenvalue weighted by Gasteiger charge is -2.09. The Morgan fingerprint density at radius 2 is 2.00 bits per heavy atom. The molecule has 0 spiro atoms. The summed E-state index contributed by atoms with van der Waals surface area (Å²) in [6, 6.07) is 3.58. The fourth-order valence-corrected chi connectivity index (χ4v) is 1.07. The van der Waals surface area contributed by atoms with Crippen molar-refractivity contribution in [1.82, 2.24) is 0 Å². The van der Waals surface area contributed by atoms with E-state index in [1.54, 1.807) is 0 Å². The molecule has 0 heterocycles. The molecule has 0 saturated carbocycles. The highest BCUT2D eigenvalue weighted by atomic mass is 127. The van der Waals surface area contributed by atoms with Crippen molar-refractivity contribution in [3.63, 3.8) is 0 Å². The van der Waals surface area contributed by atoms with E-state index in [-0.39, 0.29) is 47.8 Å². The summed E-state index contributed by atoms with van der Waals surface area (Å²) in [6.07, 6.45) is 0. The number of nitrogens with two attached hydrogens (primary N) is 2. The zero-order valence-electron chi connectivity index (χ0n) is 8.57. The van der Waals surface area contributed by atoms with Gasteiger partial charge in [0.25, 0.3) is 0 Å². The Morgan fingerprint density at radius 3 is 2.53 bits per heavy atom. The standard InChI is InChI=1S/C9H10F3N3O.HI/c10-6-2-1-3-7(16-8(11)12)5(6)4-15-9(13)14;/h1-3,8H,4H2,(H4,13,14,15);1H. The van der Waals surface area contributed by atoms with Crippen LogP contribution in [0.2, 0.25) is 0 Å². The Kier molecular flexibility index (Phi) is 6.69. The molecule has 8 heteroatoms. The zero-order chi connectivity index (χ0) is 12.1. The number of ether oxygens (including phenoxy) is 1. The third-order valence-electron chi connectivity index (χ3n) is 1.71. The number of nitrogens with zero attached hydrogens (tertiary/aromatic N) is 1. The summed E-state index contributed by atoms with van der Waals surface area (Å²) in [6.45, 7) is -3.28. The van der Waals surface area contributed by atoms with Crippen LogP contribution in [0.5, 0.6) is 5.75 Å². The van der Waals surface area contributed by atoms with E-state index >= 15 is 0 Å². The van der Waals surface area contributed by atoms with Crippen molar-refractivity contribution >= 4 is 29.9 Å². The fraction of sp³-hybridized carbons (Fsp3) is 0.222. The van der Waals surface area contributed by atoms with Gasteiger partial charge in [-0.05, 0) is 12.1 Å². The number of halogens is 4. The SMILES string of the molecule is I.NC(N)=NCc1c(F)cccc1OC(F)F. The second-order valence-corrected chi connectivity index (χ2v) is 2.84. The molecule has 0 atom stereocenters. The van der Waals surface area contributed by atoms with E-state index in [1.807, 2.05) is 0 Å². The molecule has 1 rings (SSSR count). The van der Waals surface area contributed by atoms with Crippen molar-refractivity contribution < 1.29 is 17.9 Å². The van der Waals surface area contributed by atoms with Crippen molar-refractivity contribution in [1.29, 1.82) is 0 Å². The second-order valence-electron chi connectivity index (χ2n) is 2.84. The van der Waals surface area contributed by atoms with Crippen molar-refractivity contribution in [2.45, 2.75) is 13.2 Å². The highest BCUT2D eigenvalue weighted by Crippen LogP contribution is 2.23. The third-order valence-corrected chi connectivity index (χ3v) is 1.71. The van der Waals surface area contributed by atoms with Gasteiger partial charge in [0.15, 0.2) is 5.96 Å². The van der Waals surface area contributed by atoms with Crippen LogP contribution < -0.4 is 16.2 Å². The molecule has 0 aliphatic carbocycles. The minimum Gasteiger partial charge on any atom is -0.434 e. The van der Waals surface area contributed by atoms with E-state index in [2.05, 4.69) is 9.73 Å². The molecule has 4 N–H and O–H groups in total. The molecule has 0 aromatic heterocycles. The van der Waals surface area contributed by atoms with E-state index in [9.17, 15) is 13.2 Å². The average Bonchev–Trinajstić information content (AvgIpc) is 2.15. The van der Waals surface area contributed by atoms with Crippen LogP contribution in [0.4, 0.5) is 13.2 Å².